The van der Waals surface area contributed by atoms with E-state index in [0.717, 1.165) is 25.5 Å². The van der Waals surface area contributed by atoms with Gasteiger partial charge in [0.25, 0.3) is 0 Å². The first-order valence-corrected chi connectivity index (χ1v) is 6.34. The first kappa shape index (κ1) is 13.9. The number of benzene rings is 1. The minimum absolute atomic E-state index is 0.151. The number of halogens is 2. The van der Waals surface area contributed by atoms with Gasteiger partial charge in [-0.25, -0.2) is 8.78 Å². The molecule has 0 bridgehead atoms. The highest BCUT2D eigenvalue weighted by Crippen LogP contribution is 2.20. The summed E-state index contributed by atoms with van der Waals surface area (Å²) in [6.45, 7) is 1.76. The zero-order chi connectivity index (χ0) is 13.8. The number of hydrogen-bond acceptors (Lipinski definition) is 3. The average molecular weight is 269 g/mol. The molecule has 0 unspecified atom stereocenters. The average Bonchev–Trinajstić information content (AvgIpc) is 2.41. The van der Waals surface area contributed by atoms with Crippen LogP contribution in [0.25, 0.3) is 0 Å². The van der Waals surface area contributed by atoms with E-state index in [1.54, 1.807) is 0 Å². The van der Waals surface area contributed by atoms with Crippen molar-refractivity contribution in [1.29, 1.82) is 0 Å². The summed E-state index contributed by atoms with van der Waals surface area (Å²) in [5.74, 6) is -1.49. The van der Waals surface area contributed by atoms with Crippen LogP contribution in [0.4, 0.5) is 8.78 Å². The lowest BCUT2D eigenvalue weighted by molar-refractivity contribution is -0.147. The predicted octanol–water partition coefficient (Wildman–Crippen LogP) is 2.35. The van der Waals surface area contributed by atoms with Crippen LogP contribution >= 0.6 is 0 Å². The molecule has 1 saturated heterocycles. The quantitative estimate of drug-likeness (QED) is 0.789. The van der Waals surface area contributed by atoms with Crippen molar-refractivity contribution in [1.82, 2.24) is 4.90 Å². The van der Waals surface area contributed by atoms with E-state index in [1.807, 2.05) is 4.90 Å². The maximum absolute atomic E-state index is 13.6. The van der Waals surface area contributed by atoms with Gasteiger partial charge in [-0.1, -0.05) is 6.07 Å². The second-order valence-electron chi connectivity index (χ2n) is 4.83. The van der Waals surface area contributed by atoms with Gasteiger partial charge in [0.05, 0.1) is 13.0 Å². The first-order chi connectivity index (χ1) is 9.10. The summed E-state index contributed by atoms with van der Waals surface area (Å²) < 4.78 is 31.1. The Hall–Kier alpha value is -1.49. The molecule has 0 amide bonds. The lowest BCUT2D eigenvalue weighted by atomic mass is 9.97. The van der Waals surface area contributed by atoms with Gasteiger partial charge in [-0.3, -0.25) is 9.69 Å². The number of nitrogens with zero attached hydrogens (tertiary/aromatic N) is 1. The van der Waals surface area contributed by atoms with Gasteiger partial charge in [0.15, 0.2) is 0 Å². The standard InChI is InChI=1S/C14H17F2NO2/c1-19-14(18)11-3-2-6-17(9-11)8-10-4-5-12(15)7-13(10)16/h4-5,7,11H,2-3,6,8-9H2,1H3/t11-/m0/s1. The Balaban J connectivity index is 2.00. The molecule has 1 aliphatic heterocycles. The van der Waals surface area contributed by atoms with E-state index in [-0.39, 0.29) is 11.9 Å². The molecule has 19 heavy (non-hydrogen) atoms. The fourth-order valence-corrected chi connectivity index (χ4v) is 2.45. The lowest BCUT2D eigenvalue weighted by Gasteiger charge is -2.31. The fraction of sp³-hybridized carbons (Fsp3) is 0.500. The van der Waals surface area contributed by atoms with Crippen LogP contribution in [0.5, 0.6) is 0 Å². The molecule has 5 heteroatoms. The number of esters is 1. The van der Waals surface area contributed by atoms with Gasteiger partial charge in [0.1, 0.15) is 11.6 Å². The third-order valence-electron chi connectivity index (χ3n) is 3.45. The number of ether oxygens (including phenoxy) is 1. The molecule has 0 radical (unpaired) electrons. The van der Waals surface area contributed by atoms with Crippen LogP contribution in [-0.2, 0) is 16.1 Å². The van der Waals surface area contributed by atoms with Gasteiger partial charge in [-0.15, -0.1) is 0 Å². The summed E-state index contributed by atoms with van der Waals surface area (Å²) in [4.78, 5) is 13.5. The molecule has 0 aromatic heterocycles. The summed E-state index contributed by atoms with van der Waals surface area (Å²) in [6.07, 6.45) is 1.68. The second kappa shape index (κ2) is 6.10. The van der Waals surface area contributed by atoms with Gasteiger partial charge >= 0.3 is 5.97 Å². The molecule has 1 aromatic carbocycles. The minimum Gasteiger partial charge on any atom is -0.469 e. The smallest absolute Gasteiger partial charge is 0.309 e. The maximum Gasteiger partial charge on any atom is 0.309 e. The highest BCUT2D eigenvalue weighted by atomic mass is 19.1. The molecule has 1 aromatic rings. The molecule has 104 valence electrons. The molecule has 1 atom stereocenters. The molecule has 0 N–H and O–H groups in total. The van der Waals surface area contributed by atoms with Gasteiger partial charge in [0.2, 0.25) is 0 Å². The minimum atomic E-state index is -0.577. The van der Waals surface area contributed by atoms with Crippen molar-refractivity contribution in [3.05, 3.63) is 35.4 Å². The van der Waals surface area contributed by atoms with Crippen LogP contribution in [0, 0.1) is 17.6 Å². The SMILES string of the molecule is COC(=O)[C@H]1CCCN(Cc2ccc(F)cc2F)C1. The van der Waals surface area contributed by atoms with E-state index in [0.29, 0.717) is 18.7 Å². The van der Waals surface area contributed by atoms with Crippen molar-refractivity contribution in [2.45, 2.75) is 19.4 Å². The molecule has 3 nitrogen and oxygen atoms in total. The Morgan fingerprint density at radius 1 is 1.47 bits per heavy atom. The zero-order valence-corrected chi connectivity index (χ0v) is 10.9. The Bertz CT molecular complexity index is 465. The molecule has 1 fully saturated rings. The summed E-state index contributed by atoms with van der Waals surface area (Å²) in [6, 6.07) is 3.59. The van der Waals surface area contributed by atoms with Crippen LogP contribution in [0.15, 0.2) is 18.2 Å². The third kappa shape index (κ3) is 3.50. The Morgan fingerprint density at radius 2 is 2.26 bits per heavy atom. The lowest BCUT2D eigenvalue weighted by Crippen LogP contribution is -2.38. The molecule has 1 heterocycles. The van der Waals surface area contributed by atoms with E-state index < -0.39 is 11.6 Å². The highest BCUT2D eigenvalue weighted by Gasteiger charge is 2.26. The van der Waals surface area contributed by atoms with Gasteiger partial charge in [-0.05, 0) is 25.5 Å². The van der Waals surface area contributed by atoms with E-state index in [4.69, 9.17) is 4.74 Å². The predicted molar refractivity (Wildman–Crippen MR) is 66.4 cm³/mol. The third-order valence-corrected chi connectivity index (χ3v) is 3.45. The zero-order valence-electron chi connectivity index (χ0n) is 10.9. The monoisotopic (exact) mass is 269 g/mol. The summed E-state index contributed by atoms with van der Waals surface area (Å²) in [5, 5.41) is 0. The largest absolute Gasteiger partial charge is 0.469 e. The number of carbonyl (C=O) groups excluding carboxylic acids is 1. The van der Waals surface area contributed by atoms with E-state index in [1.165, 1.54) is 19.2 Å². The molecule has 1 aliphatic rings. The summed E-state index contributed by atoms with van der Waals surface area (Å²) >= 11 is 0. The van der Waals surface area contributed by atoms with Crippen LogP contribution in [0.3, 0.4) is 0 Å². The molecule has 0 spiro atoms. The van der Waals surface area contributed by atoms with Crippen molar-refractivity contribution < 1.29 is 18.3 Å². The normalized spacial score (nSPS) is 20.3. The van der Waals surface area contributed by atoms with Gasteiger partial charge in [0, 0.05) is 24.7 Å². The van der Waals surface area contributed by atoms with Crippen molar-refractivity contribution in [2.24, 2.45) is 5.92 Å². The van der Waals surface area contributed by atoms with Crippen molar-refractivity contribution in [3.63, 3.8) is 0 Å². The highest BCUT2D eigenvalue weighted by molar-refractivity contribution is 5.72. The summed E-state index contributed by atoms with van der Waals surface area (Å²) in [5.41, 5.74) is 0.451. The molecular weight excluding hydrogens is 252 g/mol. The summed E-state index contributed by atoms with van der Waals surface area (Å²) in [7, 11) is 1.38. The van der Waals surface area contributed by atoms with E-state index >= 15 is 0 Å². The second-order valence-corrected chi connectivity index (χ2v) is 4.83. The number of methoxy groups -OCH3 is 1. The Kier molecular flexibility index (Phi) is 4.47. The molecular formula is C14H17F2NO2. The Morgan fingerprint density at radius 3 is 2.95 bits per heavy atom. The molecule has 2 rings (SSSR count). The molecule has 0 aliphatic carbocycles. The van der Waals surface area contributed by atoms with E-state index in [2.05, 4.69) is 0 Å². The first-order valence-electron chi connectivity index (χ1n) is 6.34. The Labute approximate surface area is 111 Å². The maximum atomic E-state index is 13.6. The number of piperidine rings is 1. The van der Waals surface area contributed by atoms with Gasteiger partial charge < -0.3 is 4.74 Å². The van der Waals surface area contributed by atoms with E-state index in [9.17, 15) is 13.6 Å². The van der Waals surface area contributed by atoms with Gasteiger partial charge in [-0.2, -0.15) is 0 Å². The number of hydrogen-bond donors (Lipinski definition) is 0. The van der Waals surface area contributed by atoms with Crippen LogP contribution < -0.4 is 0 Å². The van der Waals surface area contributed by atoms with Crippen molar-refractivity contribution in [2.75, 3.05) is 20.2 Å². The van der Waals surface area contributed by atoms with Crippen molar-refractivity contribution in [3.8, 4) is 0 Å². The molecule has 0 saturated carbocycles. The van der Waals surface area contributed by atoms with Crippen molar-refractivity contribution >= 4 is 5.97 Å². The van der Waals surface area contributed by atoms with Crippen LogP contribution in [-0.4, -0.2) is 31.1 Å². The van der Waals surface area contributed by atoms with Crippen LogP contribution in [0.2, 0.25) is 0 Å². The van der Waals surface area contributed by atoms with Crippen LogP contribution in [0.1, 0.15) is 18.4 Å². The number of carbonyl (C=O) groups is 1. The fourth-order valence-electron chi connectivity index (χ4n) is 2.45. The number of likely N-dealkylation sites (tertiary alicyclic amines) is 1. The topological polar surface area (TPSA) is 29.5 Å². The number of rotatable bonds is 3.